The van der Waals surface area contributed by atoms with Gasteiger partial charge in [-0.15, -0.1) is 0 Å². The van der Waals surface area contributed by atoms with Gasteiger partial charge in [0.25, 0.3) is 0 Å². The molecule has 0 saturated heterocycles. The molecule has 1 aromatic carbocycles. The van der Waals surface area contributed by atoms with Gasteiger partial charge in [0.1, 0.15) is 5.82 Å². The zero-order valence-electron chi connectivity index (χ0n) is 10.9. The van der Waals surface area contributed by atoms with E-state index in [0.717, 1.165) is 12.8 Å². The first kappa shape index (κ1) is 13.8. The lowest BCUT2D eigenvalue weighted by atomic mass is 9.71. The highest BCUT2D eigenvalue weighted by Gasteiger charge is 2.38. The number of benzene rings is 1. The molecule has 0 radical (unpaired) electrons. The van der Waals surface area contributed by atoms with Crippen molar-refractivity contribution in [2.75, 3.05) is 0 Å². The maximum atomic E-state index is 14.0. The van der Waals surface area contributed by atoms with Crippen molar-refractivity contribution < 1.29 is 9.50 Å². The Balaban J connectivity index is 2.29. The first-order chi connectivity index (χ1) is 8.42. The molecule has 1 aliphatic rings. The number of rotatable bonds is 2. The van der Waals surface area contributed by atoms with E-state index >= 15 is 0 Å². The molecule has 0 amide bonds. The Labute approximate surface area is 113 Å². The van der Waals surface area contributed by atoms with Crippen molar-refractivity contribution in [2.45, 2.75) is 45.1 Å². The van der Waals surface area contributed by atoms with Gasteiger partial charge < -0.3 is 5.11 Å². The van der Waals surface area contributed by atoms with E-state index in [2.05, 4.69) is 13.8 Å². The van der Waals surface area contributed by atoms with E-state index < -0.39 is 11.4 Å². The molecule has 2 atom stereocenters. The highest BCUT2D eigenvalue weighted by molar-refractivity contribution is 6.30. The normalized spacial score (nSPS) is 28.7. The zero-order chi connectivity index (χ0) is 13.3. The van der Waals surface area contributed by atoms with Gasteiger partial charge in [-0.3, -0.25) is 0 Å². The fraction of sp³-hybridized carbons (Fsp3) is 0.600. The van der Waals surface area contributed by atoms with Crippen LogP contribution in [-0.2, 0) is 5.60 Å². The second-order valence-corrected chi connectivity index (χ2v) is 6.19. The van der Waals surface area contributed by atoms with Crippen LogP contribution in [0, 0.1) is 17.7 Å². The van der Waals surface area contributed by atoms with Crippen LogP contribution in [0.3, 0.4) is 0 Å². The molecule has 0 aromatic heterocycles. The Hall–Kier alpha value is -0.600. The van der Waals surface area contributed by atoms with Crippen molar-refractivity contribution >= 4 is 11.6 Å². The zero-order valence-corrected chi connectivity index (χ0v) is 11.7. The highest BCUT2D eigenvalue weighted by atomic mass is 35.5. The Bertz CT molecular complexity index is 433. The van der Waals surface area contributed by atoms with Crippen LogP contribution in [0.25, 0.3) is 0 Å². The van der Waals surface area contributed by atoms with E-state index in [1.165, 1.54) is 6.07 Å². The summed E-state index contributed by atoms with van der Waals surface area (Å²) in [5.74, 6) is 0.584. The standard InChI is InChI=1S/C15H20ClFO/c1-10(2)11-4-3-7-15(18,9-11)13-6-5-12(16)8-14(13)17/h5-6,8,10-11,18H,3-4,7,9H2,1-2H3. The Morgan fingerprint density at radius 3 is 2.78 bits per heavy atom. The van der Waals surface area contributed by atoms with Gasteiger partial charge in [-0.2, -0.15) is 0 Å². The van der Waals surface area contributed by atoms with Crippen LogP contribution in [-0.4, -0.2) is 5.11 Å². The van der Waals surface area contributed by atoms with E-state index in [9.17, 15) is 9.50 Å². The summed E-state index contributed by atoms with van der Waals surface area (Å²) in [6.07, 6.45) is 3.34. The number of halogens is 2. The fourth-order valence-electron chi connectivity index (χ4n) is 2.98. The summed E-state index contributed by atoms with van der Waals surface area (Å²) in [6.45, 7) is 4.32. The highest BCUT2D eigenvalue weighted by Crippen LogP contribution is 2.43. The molecule has 18 heavy (non-hydrogen) atoms. The Morgan fingerprint density at radius 1 is 1.44 bits per heavy atom. The molecule has 0 aliphatic heterocycles. The molecule has 1 saturated carbocycles. The van der Waals surface area contributed by atoms with Crippen molar-refractivity contribution in [2.24, 2.45) is 11.8 Å². The molecule has 1 N–H and O–H groups in total. The van der Waals surface area contributed by atoms with Crippen LogP contribution >= 0.6 is 11.6 Å². The maximum absolute atomic E-state index is 14.0. The summed E-state index contributed by atoms with van der Waals surface area (Å²) in [7, 11) is 0. The van der Waals surface area contributed by atoms with Crippen molar-refractivity contribution in [1.82, 2.24) is 0 Å². The third kappa shape index (κ3) is 2.70. The summed E-state index contributed by atoms with van der Waals surface area (Å²) < 4.78 is 14.0. The van der Waals surface area contributed by atoms with Crippen molar-refractivity contribution in [1.29, 1.82) is 0 Å². The predicted molar refractivity (Wildman–Crippen MR) is 72.1 cm³/mol. The molecule has 0 heterocycles. The molecule has 1 fully saturated rings. The smallest absolute Gasteiger partial charge is 0.130 e. The van der Waals surface area contributed by atoms with Gasteiger partial charge in [0.15, 0.2) is 0 Å². The molecule has 1 aliphatic carbocycles. The van der Waals surface area contributed by atoms with Crippen LogP contribution in [0.1, 0.15) is 45.1 Å². The van der Waals surface area contributed by atoms with Crippen LogP contribution in [0.15, 0.2) is 18.2 Å². The second kappa shape index (κ2) is 5.18. The quantitative estimate of drug-likeness (QED) is 0.838. The monoisotopic (exact) mass is 270 g/mol. The first-order valence-corrected chi connectivity index (χ1v) is 6.98. The Morgan fingerprint density at radius 2 is 2.17 bits per heavy atom. The summed E-state index contributed by atoms with van der Waals surface area (Å²) in [4.78, 5) is 0. The maximum Gasteiger partial charge on any atom is 0.130 e. The average Bonchev–Trinajstić information content (AvgIpc) is 2.28. The lowest BCUT2D eigenvalue weighted by molar-refractivity contribution is -0.0321. The van der Waals surface area contributed by atoms with E-state index in [0.29, 0.717) is 35.3 Å². The third-order valence-corrected chi connectivity index (χ3v) is 4.38. The lowest BCUT2D eigenvalue weighted by Crippen LogP contribution is -2.35. The largest absolute Gasteiger partial charge is 0.385 e. The van der Waals surface area contributed by atoms with Crippen molar-refractivity contribution in [3.05, 3.63) is 34.6 Å². The Kier molecular flexibility index (Phi) is 3.98. The topological polar surface area (TPSA) is 20.2 Å². The van der Waals surface area contributed by atoms with Crippen LogP contribution in [0.5, 0.6) is 0 Å². The summed E-state index contributed by atoms with van der Waals surface area (Å²) in [5.41, 5.74) is -0.626. The van der Waals surface area contributed by atoms with Crippen LogP contribution in [0.2, 0.25) is 5.02 Å². The van der Waals surface area contributed by atoms with Gasteiger partial charge in [-0.25, -0.2) is 4.39 Å². The molecule has 100 valence electrons. The van der Waals surface area contributed by atoms with E-state index in [4.69, 9.17) is 11.6 Å². The summed E-state index contributed by atoms with van der Waals surface area (Å²) >= 11 is 5.76. The first-order valence-electron chi connectivity index (χ1n) is 6.60. The molecule has 1 aromatic rings. The van der Waals surface area contributed by atoms with Crippen LogP contribution < -0.4 is 0 Å². The van der Waals surface area contributed by atoms with Gasteiger partial charge in [-0.1, -0.05) is 31.5 Å². The van der Waals surface area contributed by atoms with Gasteiger partial charge in [-0.05, 0) is 49.7 Å². The van der Waals surface area contributed by atoms with Gasteiger partial charge in [0, 0.05) is 10.6 Å². The number of hydrogen-bond donors (Lipinski definition) is 1. The van der Waals surface area contributed by atoms with Gasteiger partial charge in [0.2, 0.25) is 0 Å². The summed E-state index contributed by atoms with van der Waals surface area (Å²) in [6, 6.07) is 4.56. The van der Waals surface area contributed by atoms with Gasteiger partial charge >= 0.3 is 0 Å². The van der Waals surface area contributed by atoms with Crippen LogP contribution in [0.4, 0.5) is 4.39 Å². The van der Waals surface area contributed by atoms with E-state index in [-0.39, 0.29) is 0 Å². The molecule has 2 unspecified atom stereocenters. The minimum atomic E-state index is -1.03. The third-order valence-electron chi connectivity index (χ3n) is 4.14. The molecule has 1 nitrogen and oxygen atoms in total. The lowest BCUT2D eigenvalue weighted by Gasteiger charge is -2.39. The van der Waals surface area contributed by atoms with Crippen molar-refractivity contribution in [3.63, 3.8) is 0 Å². The number of hydrogen-bond acceptors (Lipinski definition) is 1. The number of aliphatic hydroxyl groups is 1. The molecule has 3 heteroatoms. The molecular weight excluding hydrogens is 251 g/mol. The SMILES string of the molecule is CC(C)C1CCCC(O)(c2ccc(Cl)cc2F)C1. The molecule has 0 spiro atoms. The fourth-order valence-corrected chi connectivity index (χ4v) is 3.13. The van der Waals surface area contributed by atoms with Gasteiger partial charge in [0.05, 0.1) is 5.60 Å². The minimum absolute atomic E-state index is 0.371. The second-order valence-electron chi connectivity index (χ2n) is 5.76. The van der Waals surface area contributed by atoms with E-state index in [1.54, 1.807) is 12.1 Å². The molecular formula is C15H20ClFO. The molecule has 2 rings (SSSR count). The minimum Gasteiger partial charge on any atom is -0.385 e. The summed E-state index contributed by atoms with van der Waals surface area (Å²) in [5, 5.41) is 11.1. The van der Waals surface area contributed by atoms with E-state index in [1.807, 2.05) is 0 Å². The predicted octanol–water partition coefficient (Wildman–Crippen LogP) is 4.51. The average molecular weight is 271 g/mol. The molecule has 0 bridgehead atoms. The van der Waals surface area contributed by atoms with Crippen molar-refractivity contribution in [3.8, 4) is 0 Å².